The topological polar surface area (TPSA) is 97.0 Å². The van der Waals surface area contributed by atoms with Gasteiger partial charge in [-0.15, -0.1) is 0 Å². The van der Waals surface area contributed by atoms with Crippen molar-refractivity contribution < 1.29 is 23.9 Å². The molecule has 3 atom stereocenters. The van der Waals surface area contributed by atoms with Gasteiger partial charge < -0.3 is 14.8 Å². The van der Waals surface area contributed by atoms with Gasteiger partial charge in [0.05, 0.1) is 7.11 Å². The van der Waals surface area contributed by atoms with Crippen molar-refractivity contribution in [1.82, 2.24) is 15.8 Å². The molecule has 1 aliphatic heterocycles. The quantitative estimate of drug-likeness (QED) is 0.672. The van der Waals surface area contributed by atoms with Crippen molar-refractivity contribution in [2.24, 2.45) is 5.92 Å². The molecule has 8 nitrogen and oxygen atoms in total. The number of esters is 1. The molecule has 0 radical (unpaired) electrons. The fraction of sp³-hybridized carbons (Fsp3) is 0.375. The van der Waals surface area contributed by atoms with Crippen LogP contribution in [0.1, 0.15) is 35.2 Å². The molecule has 0 bridgehead atoms. The van der Waals surface area contributed by atoms with Gasteiger partial charge in [0.1, 0.15) is 5.54 Å². The number of ether oxygens (including phenoxy) is 2. The Morgan fingerprint density at radius 1 is 1.06 bits per heavy atom. The van der Waals surface area contributed by atoms with Crippen molar-refractivity contribution in [3.05, 3.63) is 71.8 Å². The van der Waals surface area contributed by atoms with E-state index in [0.29, 0.717) is 31.4 Å². The second-order valence-corrected chi connectivity index (χ2v) is 8.09. The van der Waals surface area contributed by atoms with Crippen LogP contribution in [0.2, 0.25) is 0 Å². The number of carbonyl (C=O) groups is 3. The van der Waals surface area contributed by atoms with E-state index in [-0.39, 0.29) is 5.91 Å². The lowest BCUT2D eigenvalue weighted by atomic mass is 9.81. The predicted molar refractivity (Wildman–Crippen MR) is 116 cm³/mol. The molecule has 1 aliphatic carbocycles. The Balaban J connectivity index is 1.71. The van der Waals surface area contributed by atoms with E-state index in [1.165, 1.54) is 14.2 Å². The Hall–Kier alpha value is -3.23. The first-order valence-electron chi connectivity index (χ1n) is 10.6. The predicted octanol–water partition coefficient (Wildman–Crippen LogP) is 2.02. The molecule has 2 amide bonds. The molecule has 2 aromatic rings. The zero-order valence-electron chi connectivity index (χ0n) is 18.2. The van der Waals surface area contributed by atoms with E-state index in [9.17, 15) is 14.4 Å². The van der Waals surface area contributed by atoms with Gasteiger partial charge >= 0.3 is 5.97 Å². The Morgan fingerprint density at radius 3 is 2.34 bits per heavy atom. The second-order valence-electron chi connectivity index (χ2n) is 8.09. The van der Waals surface area contributed by atoms with Crippen molar-refractivity contribution in [1.29, 1.82) is 0 Å². The number of nitrogens with zero attached hydrogens (tertiary/aromatic N) is 1. The van der Waals surface area contributed by atoms with Crippen molar-refractivity contribution in [2.75, 3.05) is 14.2 Å². The summed E-state index contributed by atoms with van der Waals surface area (Å²) in [6, 6.07) is 18.1. The number of methoxy groups -OCH3 is 2. The molecule has 8 heteroatoms. The van der Waals surface area contributed by atoms with E-state index >= 15 is 0 Å². The summed E-state index contributed by atoms with van der Waals surface area (Å²) in [7, 11) is 2.61. The van der Waals surface area contributed by atoms with Gasteiger partial charge in [-0.05, 0) is 30.5 Å². The Morgan fingerprint density at radius 2 is 1.72 bits per heavy atom. The summed E-state index contributed by atoms with van der Waals surface area (Å²) < 4.78 is 10.8. The van der Waals surface area contributed by atoms with E-state index < -0.39 is 29.1 Å². The molecule has 4 rings (SSSR count). The molecule has 2 fully saturated rings. The SMILES string of the molecule is COC(=O)[C@]1(OC)[C@H]2CCC[C@@]2(C(=O)NCc2ccccc2)NN1C(=O)c1ccccc1. The normalized spacial score (nSPS) is 26.4. The van der Waals surface area contributed by atoms with E-state index in [0.717, 1.165) is 10.6 Å². The maximum Gasteiger partial charge on any atom is 0.361 e. The first-order chi connectivity index (χ1) is 15.5. The van der Waals surface area contributed by atoms with Crippen LogP contribution >= 0.6 is 0 Å². The van der Waals surface area contributed by atoms with Crippen molar-refractivity contribution in [3.8, 4) is 0 Å². The average molecular weight is 437 g/mol. The van der Waals surface area contributed by atoms with Crippen LogP contribution in [-0.4, -0.2) is 48.3 Å². The van der Waals surface area contributed by atoms with Gasteiger partial charge in [0.25, 0.3) is 11.6 Å². The molecule has 1 saturated carbocycles. The van der Waals surface area contributed by atoms with Gasteiger partial charge in [0.2, 0.25) is 5.91 Å². The Bertz CT molecular complexity index is 999. The van der Waals surface area contributed by atoms with Gasteiger partial charge in [-0.3, -0.25) is 9.59 Å². The largest absolute Gasteiger partial charge is 0.465 e. The van der Waals surface area contributed by atoms with Gasteiger partial charge in [0.15, 0.2) is 0 Å². The summed E-state index contributed by atoms with van der Waals surface area (Å²) in [5.41, 5.74) is 1.48. The summed E-state index contributed by atoms with van der Waals surface area (Å²) >= 11 is 0. The summed E-state index contributed by atoms with van der Waals surface area (Å²) in [4.78, 5) is 40.1. The number of carbonyl (C=O) groups excluding carboxylic acids is 3. The van der Waals surface area contributed by atoms with Crippen LogP contribution in [0.15, 0.2) is 60.7 Å². The molecule has 32 heavy (non-hydrogen) atoms. The van der Waals surface area contributed by atoms with E-state index in [2.05, 4.69) is 10.7 Å². The number of benzene rings is 2. The molecular weight excluding hydrogens is 410 g/mol. The molecule has 2 N–H and O–H groups in total. The van der Waals surface area contributed by atoms with E-state index in [1.807, 2.05) is 30.3 Å². The van der Waals surface area contributed by atoms with Crippen LogP contribution in [0.25, 0.3) is 0 Å². The third-order valence-electron chi connectivity index (χ3n) is 6.49. The molecular formula is C24H27N3O5. The minimum Gasteiger partial charge on any atom is -0.465 e. The van der Waals surface area contributed by atoms with Crippen LogP contribution in [0.4, 0.5) is 0 Å². The van der Waals surface area contributed by atoms with Crippen LogP contribution in [-0.2, 0) is 25.6 Å². The minimum atomic E-state index is -1.76. The van der Waals surface area contributed by atoms with Gasteiger partial charge in [0, 0.05) is 25.1 Å². The number of hydrogen-bond acceptors (Lipinski definition) is 6. The maximum atomic E-state index is 13.5. The monoisotopic (exact) mass is 437 g/mol. The zero-order valence-corrected chi connectivity index (χ0v) is 18.2. The highest BCUT2D eigenvalue weighted by molar-refractivity contribution is 6.00. The second kappa shape index (κ2) is 8.72. The molecule has 0 unspecified atom stereocenters. The number of rotatable bonds is 6. The minimum absolute atomic E-state index is 0.280. The van der Waals surface area contributed by atoms with Gasteiger partial charge in [-0.1, -0.05) is 55.0 Å². The van der Waals surface area contributed by atoms with Crippen LogP contribution < -0.4 is 10.7 Å². The van der Waals surface area contributed by atoms with E-state index in [1.54, 1.807) is 30.3 Å². The summed E-state index contributed by atoms with van der Waals surface area (Å²) in [6.45, 7) is 0.334. The first-order valence-corrected chi connectivity index (χ1v) is 10.6. The lowest BCUT2D eigenvalue weighted by Gasteiger charge is -2.36. The van der Waals surface area contributed by atoms with Crippen molar-refractivity contribution >= 4 is 17.8 Å². The smallest absolute Gasteiger partial charge is 0.361 e. The highest BCUT2D eigenvalue weighted by atomic mass is 16.6. The fourth-order valence-corrected chi connectivity index (χ4v) is 4.97. The third kappa shape index (κ3) is 3.36. The Labute approximate surface area is 186 Å². The van der Waals surface area contributed by atoms with Crippen molar-refractivity contribution in [3.63, 3.8) is 0 Å². The number of amides is 2. The maximum absolute atomic E-state index is 13.5. The number of fused-ring (bicyclic) bond motifs is 1. The number of hydrazine groups is 1. The van der Waals surface area contributed by atoms with E-state index in [4.69, 9.17) is 9.47 Å². The van der Waals surface area contributed by atoms with Crippen LogP contribution in [0.3, 0.4) is 0 Å². The third-order valence-corrected chi connectivity index (χ3v) is 6.49. The highest BCUT2D eigenvalue weighted by Gasteiger charge is 2.72. The van der Waals surface area contributed by atoms with Crippen molar-refractivity contribution in [2.45, 2.75) is 37.1 Å². The molecule has 1 saturated heterocycles. The molecule has 2 aromatic carbocycles. The molecule has 168 valence electrons. The lowest BCUT2D eigenvalue weighted by Crippen LogP contribution is -2.60. The van der Waals surface area contributed by atoms with Crippen LogP contribution in [0, 0.1) is 5.92 Å². The van der Waals surface area contributed by atoms with Crippen LogP contribution in [0.5, 0.6) is 0 Å². The Kier molecular flexibility index (Phi) is 5.99. The summed E-state index contributed by atoms with van der Waals surface area (Å²) in [5.74, 6) is -2.09. The van der Waals surface area contributed by atoms with Gasteiger partial charge in [-0.2, -0.15) is 0 Å². The molecule has 1 heterocycles. The summed E-state index contributed by atoms with van der Waals surface area (Å²) in [6.07, 6.45) is 1.68. The summed E-state index contributed by atoms with van der Waals surface area (Å²) in [5, 5.41) is 4.13. The fourth-order valence-electron chi connectivity index (χ4n) is 4.97. The molecule has 2 aliphatic rings. The molecule has 0 aromatic heterocycles. The highest BCUT2D eigenvalue weighted by Crippen LogP contribution is 2.51. The number of nitrogens with one attached hydrogen (secondary N) is 2. The average Bonchev–Trinajstić information content (AvgIpc) is 3.39. The lowest BCUT2D eigenvalue weighted by molar-refractivity contribution is -0.193. The molecule has 0 spiro atoms. The first kappa shape index (κ1) is 22.0. The zero-order chi connectivity index (χ0) is 22.8. The number of hydrogen-bond donors (Lipinski definition) is 2. The van der Waals surface area contributed by atoms with Gasteiger partial charge in [-0.25, -0.2) is 15.2 Å². The standard InChI is InChI=1S/C24H27N3O5/c1-31-22(30)24(32-2)19-14-9-15-23(19,21(29)25-16-17-10-5-3-6-11-17)26-27(24)20(28)18-12-7-4-8-13-18/h3-8,10-13,19,26H,9,14-16H2,1-2H3,(H,25,29)/t19-,23+,24+/m0/s1.